The minimum Gasteiger partial charge on any atom is -0.309 e. The highest BCUT2D eigenvalue weighted by Crippen LogP contribution is 2.48. The van der Waals surface area contributed by atoms with Gasteiger partial charge in [0.25, 0.3) is 0 Å². The Labute approximate surface area is 239 Å². The van der Waals surface area contributed by atoms with Gasteiger partial charge in [-0.15, -0.1) is 0 Å². The van der Waals surface area contributed by atoms with E-state index >= 15 is 0 Å². The maximum atomic E-state index is 4.35. The van der Waals surface area contributed by atoms with Crippen LogP contribution in [0, 0.1) is 0 Å². The Hall–Kier alpha value is -5.47. The minimum absolute atomic E-state index is 1.03. The van der Waals surface area contributed by atoms with Crippen LogP contribution in [0.5, 0.6) is 0 Å². The molecule has 0 spiro atoms. The van der Waals surface area contributed by atoms with Crippen LogP contribution in [0.15, 0.2) is 158 Å². The molecule has 0 atom stereocenters. The molecule has 0 fully saturated rings. The molecule has 7 aromatic rings. The summed E-state index contributed by atoms with van der Waals surface area (Å²) in [5, 5.41) is 2.68. The van der Waals surface area contributed by atoms with Crippen molar-refractivity contribution in [1.29, 1.82) is 0 Å². The number of hydrogen-bond acceptors (Lipinski definition) is 2. The molecule has 0 unspecified atom stereocenters. The summed E-state index contributed by atoms with van der Waals surface area (Å²) >= 11 is 0. The number of aromatic nitrogens is 1. The van der Waals surface area contributed by atoms with E-state index in [1.807, 2.05) is 24.5 Å². The highest BCUT2D eigenvalue weighted by Gasteiger charge is 2.21. The summed E-state index contributed by atoms with van der Waals surface area (Å²) in [4.78, 5) is 6.58. The molecular weight excluding hydrogens is 496 g/mol. The SMILES string of the molecule is c1ccc(N(c2ccc(-c3ccc(-c4ccc5c(c4)-c4cccc6cccc-5c46)cc3)cc2)c2cccnc2)cc1. The van der Waals surface area contributed by atoms with Crippen LogP contribution in [0.1, 0.15) is 0 Å². The Balaban J connectivity index is 1.10. The summed E-state index contributed by atoms with van der Waals surface area (Å²) in [5.74, 6) is 0. The number of hydrogen-bond donors (Lipinski definition) is 0. The number of rotatable bonds is 5. The number of pyridine rings is 1. The van der Waals surface area contributed by atoms with E-state index in [4.69, 9.17) is 0 Å². The van der Waals surface area contributed by atoms with E-state index in [-0.39, 0.29) is 0 Å². The fraction of sp³-hybridized carbons (Fsp3) is 0. The van der Waals surface area contributed by atoms with Gasteiger partial charge in [0.2, 0.25) is 0 Å². The fourth-order valence-corrected chi connectivity index (χ4v) is 6.14. The van der Waals surface area contributed by atoms with E-state index in [9.17, 15) is 0 Å². The average molecular weight is 523 g/mol. The molecule has 1 aromatic heterocycles. The first-order valence-electron chi connectivity index (χ1n) is 14.0. The maximum absolute atomic E-state index is 4.35. The van der Waals surface area contributed by atoms with E-state index in [1.165, 1.54) is 55.3 Å². The Kier molecular flexibility index (Phi) is 5.49. The largest absolute Gasteiger partial charge is 0.309 e. The molecule has 0 aliphatic heterocycles. The van der Waals surface area contributed by atoms with Crippen LogP contribution in [-0.2, 0) is 0 Å². The van der Waals surface area contributed by atoms with Gasteiger partial charge in [-0.05, 0) is 97.7 Å². The van der Waals surface area contributed by atoms with E-state index in [2.05, 4.69) is 143 Å². The van der Waals surface area contributed by atoms with Gasteiger partial charge in [-0.25, -0.2) is 0 Å². The zero-order valence-electron chi connectivity index (χ0n) is 22.4. The lowest BCUT2D eigenvalue weighted by molar-refractivity contribution is 1.23. The lowest BCUT2D eigenvalue weighted by Crippen LogP contribution is -2.09. The van der Waals surface area contributed by atoms with Gasteiger partial charge in [-0.3, -0.25) is 4.98 Å². The van der Waals surface area contributed by atoms with Crippen molar-refractivity contribution in [2.24, 2.45) is 0 Å². The summed E-state index contributed by atoms with van der Waals surface area (Å²) in [6.07, 6.45) is 3.71. The van der Waals surface area contributed by atoms with Gasteiger partial charge < -0.3 is 4.90 Å². The molecule has 1 aliphatic rings. The third-order valence-corrected chi connectivity index (χ3v) is 8.10. The standard InChI is InChI=1S/C39H26N2/c1-2-9-32(10-3-1)41(34-11-6-24-40-26-34)33-21-18-28(19-22-33)27-14-16-29(17-15-27)31-20-23-35-36-12-4-7-30-8-5-13-37(39(30)36)38(35)25-31/h1-26H. The molecule has 8 rings (SSSR count). The van der Waals surface area contributed by atoms with Crippen molar-refractivity contribution in [3.8, 4) is 44.5 Å². The topological polar surface area (TPSA) is 16.1 Å². The molecule has 1 heterocycles. The summed E-state index contributed by atoms with van der Waals surface area (Å²) in [5.41, 5.74) is 13.4. The Morgan fingerprint density at radius 1 is 0.390 bits per heavy atom. The predicted octanol–water partition coefficient (Wildman–Crippen LogP) is 10.7. The average Bonchev–Trinajstić information content (AvgIpc) is 3.37. The van der Waals surface area contributed by atoms with Crippen molar-refractivity contribution in [2.45, 2.75) is 0 Å². The quantitative estimate of drug-likeness (QED) is 0.223. The first-order valence-corrected chi connectivity index (χ1v) is 14.0. The first-order chi connectivity index (χ1) is 20.3. The van der Waals surface area contributed by atoms with Gasteiger partial charge in [0.15, 0.2) is 0 Å². The molecule has 1 aliphatic carbocycles. The van der Waals surface area contributed by atoms with Gasteiger partial charge in [0.05, 0.1) is 11.9 Å². The molecule has 0 amide bonds. The number of para-hydroxylation sites is 1. The van der Waals surface area contributed by atoms with Crippen molar-refractivity contribution >= 4 is 27.8 Å². The lowest BCUT2D eigenvalue weighted by Gasteiger charge is -2.25. The maximum Gasteiger partial charge on any atom is 0.0644 e. The van der Waals surface area contributed by atoms with Crippen LogP contribution in [0.25, 0.3) is 55.3 Å². The van der Waals surface area contributed by atoms with Crippen molar-refractivity contribution in [1.82, 2.24) is 4.98 Å². The molecule has 0 saturated carbocycles. The van der Waals surface area contributed by atoms with Gasteiger partial charge in [-0.2, -0.15) is 0 Å². The van der Waals surface area contributed by atoms with Crippen molar-refractivity contribution < 1.29 is 0 Å². The second-order valence-electron chi connectivity index (χ2n) is 10.5. The second-order valence-corrected chi connectivity index (χ2v) is 10.5. The Bertz CT molecular complexity index is 1970. The summed E-state index contributed by atoms with van der Waals surface area (Å²) in [7, 11) is 0. The highest BCUT2D eigenvalue weighted by molar-refractivity contribution is 6.15. The van der Waals surface area contributed by atoms with E-state index < -0.39 is 0 Å². The monoisotopic (exact) mass is 522 g/mol. The van der Waals surface area contributed by atoms with Crippen LogP contribution in [0.4, 0.5) is 17.1 Å². The van der Waals surface area contributed by atoms with E-state index in [1.54, 1.807) is 0 Å². The predicted molar refractivity (Wildman–Crippen MR) is 172 cm³/mol. The first kappa shape index (κ1) is 23.4. The van der Waals surface area contributed by atoms with E-state index in [0.29, 0.717) is 0 Å². The van der Waals surface area contributed by atoms with E-state index in [0.717, 1.165) is 17.1 Å². The molecule has 2 nitrogen and oxygen atoms in total. The summed E-state index contributed by atoms with van der Waals surface area (Å²) in [6, 6.07) is 52.3. The molecule has 0 bridgehead atoms. The molecule has 0 radical (unpaired) electrons. The lowest BCUT2D eigenvalue weighted by atomic mass is 9.96. The van der Waals surface area contributed by atoms with Gasteiger partial charge in [0.1, 0.15) is 0 Å². The smallest absolute Gasteiger partial charge is 0.0644 e. The van der Waals surface area contributed by atoms with Crippen LogP contribution < -0.4 is 4.90 Å². The van der Waals surface area contributed by atoms with Crippen molar-refractivity contribution in [3.63, 3.8) is 0 Å². The number of anilines is 3. The van der Waals surface area contributed by atoms with Gasteiger partial charge in [-0.1, -0.05) is 103 Å². The Morgan fingerprint density at radius 2 is 0.976 bits per heavy atom. The molecule has 192 valence electrons. The molecule has 0 saturated heterocycles. The van der Waals surface area contributed by atoms with Crippen LogP contribution in [0.3, 0.4) is 0 Å². The molecule has 6 aromatic carbocycles. The highest BCUT2D eigenvalue weighted by atomic mass is 15.1. The van der Waals surface area contributed by atoms with Gasteiger partial charge >= 0.3 is 0 Å². The number of fused-ring (bicyclic) bond motifs is 3. The van der Waals surface area contributed by atoms with Crippen molar-refractivity contribution in [2.75, 3.05) is 4.90 Å². The third-order valence-electron chi connectivity index (χ3n) is 8.10. The minimum atomic E-state index is 1.03. The molecule has 41 heavy (non-hydrogen) atoms. The molecule has 0 N–H and O–H groups in total. The van der Waals surface area contributed by atoms with Crippen LogP contribution in [-0.4, -0.2) is 4.98 Å². The summed E-state index contributed by atoms with van der Waals surface area (Å²) in [6.45, 7) is 0. The molecule has 2 heteroatoms. The zero-order valence-corrected chi connectivity index (χ0v) is 22.4. The Morgan fingerprint density at radius 3 is 1.66 bits per heavy atom. The normalized spacial score (nSPS) is 11.4. The van der Waals surface area contributed by atoms with Crippen LogP contribution in [0.2, 0.25) is 0 Å². The van der Waals surface area contributed by atoms with Crippen molar-refractivity contribution in [3.05, 3.63) is 158 Å². The fourth-order valence-electron chi connectivity index (χ4n) is 6.14. The number of benzene rings is 6. The summed E-state index contributed by atoms with van der Waals surface area (Å²) < 4.78 is 0. The molecular formula is C39H26N2. The van der Waals surface area contributed by atoms with Crippen LogP contribution >= 0.6 is 0 Å². The third kappa shape index (κ3) is 4.00. The number of nitrogens with zero attached hydrogens (tertiary/aromatic N) is 2. The van der Waals surface area contributed by atoms with Gasteiger partial charge in [0, 0.05) is 17.6 Å². The zero-order chi connectivity index (χ0) is 27.2. The second kappa shape index (κ2) is 9.62.